The average molecular weight is 199 g/mol. The van der Waals surface area contributed by atoms with Gasteiger partial charge < -0.3 is 9.64 Å². The van der Waals surface area contributed by atoms with Crippen LogP contribution in [0.5, 0.6) is 0 Å². The van der Waals surface area contributed by atoms with Gasteiger partial charge in [0.25, 0.3) is 0 Å². The Labute approximate surface area is 88.6 Å². The molecule has 0 unspecified atom stereocenters. The van der Waals surface area contributed by atoms with Gasteiger partial charge in [-0.25, -0.2) is 0 Å². The molecule has 1 aliphatic heterocycles. The summed E-state index contributed by atoms with van der Waals surface area (Å²) in [6, 6.07) is 0.614. The zero-order chi connectivity index (χ0) is 10.8. The van der Waals surface area contributed by atoms with Crippen LogP contribution in [0.2, 0.25) is 0 Å². The third-order valence-corrected chi connectivity index (χ3v) is 2.91. The number of likely N-dealkylation sites (N-methyl/N-ethyl adjacent to an activating group) is 1. The van der Waals surface area contributed by atoms with E-state index in [1.807, 2.05) is 0 Å². The normalized spacial score (nSPS) is 27.6. The molecule has 0 aromatic carbocycles. The predicted octanol–water partition coefficient (Wildman–Crippen LogP) is 2.67. The van der Waals surface area contributed by atoms with Gasteiger partial charge in [-0.15, -0.1) is 0 Å². The molecule has 2 atom stereocenters. The average Bonchev–Trinajstić information content (AvgIpc) is 2.01. The lowest BCUT2D eigenvalue weighted by Crippen LogP contribution is -2.46. The van der Waals surface area contributed by atoms with Crippen molar-refractivity contribution in [3.05, 3.63) is 0 Å². The summed E-state index contributed by atoms with van der Waals surface area (Å²) in [6.45, 7) is 9.82. The molecule has 0 bridgehead atoms. The van der Waals surface area contributed by atoms with E-state index in [9.17, 15) is 0 Å². The second kappa shape index (κ2) is 4.63. The smallest absolute Gasteiger partial charge is 0.0709 e. The summed E-state index contributed by atoms with van der Waals surface area (Å²) in [5.41, 5.74) is -0.0162. The Morgan fingerprint density at radius 1 is 1.29 bits per heavy atom. The molecule has 0 radical (unpaired) electrons. The lowest BCUT2D eigenvalue weighted by Gasteiger charge is -2.39. The summed E-state index contributed by atoms with van der Waals surface area (Å²) in [5, 5.41) is 0. The van der Waals surface area contributed by atoms with E-state index in [0.29, 0.717) is 12.1 Å². The monoisotopic (exact) mass is 199 g/mol. The summed E-state index contributed by atoms with van der Waals surface area (Å²) in [5.74, 6) is 0. The Morgan fingerprint density at radius 2 is 1.93 bits per heavy atom. The Morgan fingerprint density at radius 3 is 2.43 bits per heavy atom. The fourth-order valence-electron chi connectivity index (χ4n) is 2.33. The van der Waals surface area contributed by atoms with Crippen LogP contribution < -0.4 is 0 Å². The van der Waals surface area contributed by atoms with Gasteiger partial charge in [-0.1, -0.05) is 6.42 Å². The summed E-state index contributed by atoms with van der Waals surface area (Å²) in [7, 11) is 2.21. The third-order valence-electron chi connectivity index (χ3n) is 2.91. The Bertz CT molecular complexity index is 174. The highest BCUT2D eigenvalue weighted by Gasteiger charge is 2.27. The number of ether oxygens (including phenoxy) is 1. The molecular formula is C12H25NO. The van der Waals surface area contributed by atoms with Gasteiger partial charge in [0, 0.05) is 6.04 Å². The van der Waals surface area contributed by atoms with Crippen molar-refractivity contribution < 1.29 is 4.74 Å². The maximum absolute atomic E-state index is 6.01. The second-order valence-electron chi connectivity index (χ2n) is 5.48. The van der Waals surface area contributed by atoms with Crippen LogP contribution in [0.1, 0.15) is 47.0 Å². The first-order chi connectivity index (χ1) is 6.40. The number of hydrogen-bond acceptors (Lipinski definition) is 2. The molecule has 1 fully saturated rings. The fourth-order valence-corrected chi connectivity index (χ4v) is 2.33. The van der Waals surface area contributed by atoms with E-state index in [1.165, 1.54) is 25.8 Å². The van der Waals surface area contributed by atoms with E-state index in [0.717, 1.165) is 0 Å². The highest BCUT2D eigenvalue weighted by atomic mass is 16.5. The minimum Gasteiger partial charge on any atom is -0.371 e. The van der Waals surface area contributed by atoms with Gasteiger partial charge in [-0.2, -0.15) is 0 Å². The molecule has 0 amide bonds. The molecule has 14 heavy (non-hydrogen) atoms. The van der Waals surface area contributed by atoms with Gasteiger partial charge in [0.15, 0.2) is 0 Å². The number of piperidine rings is 1. The van der Waals surface area contributed by atoms with Gasteiger partial charge in [0.1, 0.15) is 0 Å². The molecule has 84 valence electrons. The standard InChI is InChI=1S/C12H25NO/c1-10(14-12(2,3)4)11-8-6-7-9-13(11)5/h10-11H,6-9H2,1-5H3/t10-,11-/m0/s1. The SMILES string of the molecule is C[C@H](OC(C)(C)C)[C@@H]1CCCCN1C. The molecule has 1 saturated heterocycles. The summed E-state index contributed by atoms with van der Waals surface area (Å²) in [4.78, 5) is 2.44. The van der Waals surface area contributed by atoms with Crippen molar-refractivity contribution in [1.82, 2.24) is 4.90 Å². The maximum atomic E-state index is 6.01. The van der Waals surface area contributed by atoms with Crippen LogP contribution in [0.25, 0.3) is 0 Å². The van der Waals surface area contributed by atoms with Crippen molar-refractivity contribution in [2.75, 3.05) is 13.6 Å². The van der Waals surface area contributed by atoms with E-state index in [2.05, 4.69) is 39.6 Å². The van der Waals surface area contributed by atoms with Crippen LogP contribution in [-0.4, -0.2) is 36.2 Å². The van der Waals surface area contributed by atoms with E-state index in [1.54, 1.807) is 0 Å². The molecule has 0 N–H and O–H groups in total. The lowest BCUT2D eigenvalue weighted by molar-refractivity contribution is -0.0898. The van der Waals surface area contributed by atoms with Crippen LogP contribution in [-0.2, 0) is 4.74 Å². The quantitative estimate of drug-likeness (QED) is 0.678. The maximum Gasteiger partial charge on any atom is 0.0709 e. The molecule has 1 rings (SSSR count). The second-order valence-corrected chi connectivity index (χ2v) is 5.48. The van der Waals surface area contributed by atoms with E-state index in [-0.39, 0.29) is 5.60 Å². The molecule has 1 aliphatic rings. The van der Waals surface area contributed by atoms with Crippen LogP contribution >= 0.6 is 0 Å². The van der Waals surface area contributed by atoms with Gasteiger partial charge in [0.2, 0.25) is 0 Å². The molecule has 0 saturated carbocycles. The van der Waals surface area contributed by atoms with E-state index < -0.39 is 0 Å². The Balaban J connectivity index is 2.46. The van der Waals surface area contributed by atoms with Crippen molar-refractivity contribution in [1.29, 1.82) is 0 Å². The predicted molar refractivity (Wildman–Crippen MR) is 60.6 cm³/mol. The Kier molecular flexibility index (Phi) is 3.96. The number of hydrogen-bond donors (Lipinski definition) is 0. The summed E-state index contributed by atoms with van der Waals surface area (Å²) in [6.07, 6.45) is 4.33. The fraction of sp³-hybridized carbons (Fsp3) is 1.00. The third kappa shape index (κ3) is 3.58. The summed E-state index contributed by atoms with van der Waals surface area (Å²) >= 11 is 0. The van der Waals surface area contributed by atoms with Gasteiger partial charge >= 0.3 is 0 Å². The van der Waals surface area contributed by atoms with Crippen LogP contribution in [0, 0.1) is 0 Å². The van der Waals surface area contributed by atoms with Crippen LogP contribution in [0.4, 0.5) is 0 Å². The van der Waals surface area contributed by atoms with Gasteiger partial charge in [-0.3, -0.25) is 0 Å². The topological polar surface area (TPSA) is 12.5 Å². The minimum atomic E-state index is -0.0162. The van der Waals surface area contributed by atoms with Crippen molar-refractivity contribution in [3.8, 4) is 0 Å². The van der Waals surface area contributed by atoms with Gasteiger partial charge in [-0.05, 0) is 54.1 Å². The molecular weight excluding hydrogens is 174 g/mol. The van der Waals surface area contributed by atoms with Crippen molar-refractivity contribution >= 4 is 0 Å². The minimum absolute atomic E-state index is 0.0162. The Hall–Kier alpha value is -0.0800. The first kappa shape index (κ1) is 12.0. The van der Waals surface area contributed by atoms with Crippen molar-refractivity contribution in [3.63, 3.8) is 0 Å². The molecule has 0 aromatic heterocycles. The highest BCUT2D eigenvalue weighted by Crippen LogP contribution is 2.22. The van der Waals surface area contributed by atoms with Crippen molar-refractivity contribution in [2.24, 2.45) is 0 Å². The summed E-state index contributed by atoms with van der Waals surface area (Å²) < 4.78 is 6.01. The highest BCUT2D eigenvalue weighted by molar-refractivity contribution is 4.81. The van der Waals surface area contributed by atoms with E-state index in [4.69, 9.17) is 4.74 Å². The van der Waals surface area contributed by atoms with Crippen LogP contribution in [0.15, 0.2) is 0 Å². The number of nitrogens with zero attached hydrogens (tertiary/aromatic N) is 1. The molecule has 0 spiro atoms. The zero-order valence-electron chi connectivity index (χ0n) is 10.3. The first-order valence-electron chi connectivity index (χ1n) is 5.78. The first-order valence-corrected chi connectivity index (χ1v) is 5.78. The lowest BCUT2D eigenvalue weighted by atomic mass is 9.98. The molecule has 2 heteroatoms. The van der Waals surface area contributed by atoms with Crippen molar-refractivity contribution in [2.45, 2.75) is 64.7 Å². The largest absolute Gasteiger partial charge is 0.371 e. The number of rotatable bonds is 2. The van der Waals surface area contributed by atoms with E-state index >= 15 is 0 Å². The molecule has 0 aliphatic carbocycles. The van der Waals surface area contributed by atoms with Gasteiger partial charge in [0.05, 0.1) is 11.7 Å². The number of likely N-dealkylation sites (tertiary alicyclic amines) is 1. The zero-order valence-corrected chi connectivity index (χ0v) is 10.3. The molecule has 0 aromatic rings. The van der Waals surface area contributed by atoms with Crippen LogP contribution in [0.3, 0.4) is 0 Å². The molecule has 2 nitrogen and oxygen atoms in total. The molecule has 1 heterocycles.